The summed E-state index contributed by atoms with van der Waals surface area (Å²) in [5.74, 6) is 2.48. The molecule has 164 valence electrons. The summed E-state index contributed by atoms with van der Waals surface area (Å²) in [7, 11) is 1.67. The molecule has 2 heterocycles. The van der Waals surface area contributed by atoms with Crippen molar-refractivity contribution in [3.63, 3.8) is 0 Å². The van der Waals surface area contributed by atoms with Crippen LogP contribution in [0.5, 0.6) is 17.2 Å². The molecule has 8 heteroatoms. The quantitative estimate of drug-likeness (QED) is 0.283. The summed E-state index contributed by atoms with van der Waals surface area (Å²) in [4.78, 5) is 4.30. The second-order valence-corrected chi connectivity index (χ2v) is 10.1. The normalized spacial score (nSPS) is 15.1. The van der Waals surface area contributed by atoms with E-state index in [1.54, 1.807) is 30.6 Å². The zero-order valence-electron chi connectivity index (χ0n) is 17.7. The van der Waals surface area contributed by atoms with Gasteiger partial charge in [-0.3, -0.25) is 0 Å². The first-order valence-electron chi connectivity index (χ1n) is 10.4. The average molecular weight is 483 g/mol. The van der Waals surface area contributed by atoms with E-state index in [2.05, 4.69) is 46.0 Å². The van der Waals surface area contributed by atoms with Gasteiger partial charge in [0.1, 0.15) is 29.5 Å². The van der Waals surface area contributed by atoms with E-state index in [0.717, 1.165) is 60.7 Å². The zero-order valence-corrected chi connectivity index (χ0v) is 20.2. The van der Waals surface area contributed by atoms with E-state index in [9.17, 15) is 0 Å². The highest BCUT2D eigenvalue weighted by atomic mass is 32.2. The average Bonchev–Trinajstić information content (AvgIpc) is 3.32. The fourth-order valence-electron chi connectivity index (χ4n) is 3.54. The second-order valence-electron chi connectivity index (χ2n) is 7.33. The van der Waals surface area contributed by atoms with Gasteiger partial charge in [-0.25, -0.2) is 0 Å². The molecule has 0 bridgehead atoms. The van der Waals surface area contributed by atoms with Crippen molar-refractivity contribution in [2.45, 2.75) is 45.5 Å². The maximum absolute atomic E-state index is 6.15. The molecule has 0 N–H and O–H groups in total. The SMILES string of the molecule is CCCC1COc2c(cccc2Sc2ccc(Sc3ccc(OC)cc3)c3nsnc23)O1. The van der Waals surface area contributed by atoms with Crippen LogP contribution in [0.4, 0.5) is 0 Å². The van der Waals surface area contributed by atoms with Crippen molar-refractivity contribution in [3.05, 3.63) is 54.6 Å². The van der Waals surface area contributed by atoms with Gasteiger partial charge in [-0.1, -0.05) is 42.9 Å². The summed E-state index contributed by atoms with van der Waals surface area (Å²) in [5.41, 5.74) is 1.84. The molecule has 5 rings (SSSR count). The third kappa shape index (κ3) is 4.40. The topological polar surface area (TPSA) is 53.5 Å². The van der Waals surface area contributed by atoms with Crippen molar-refractivity contribution >= 4 is 46.3 Å². The van der Waals surface area contributed by atoms with E-state index in [1.165, 1.54) is 11.7 Å². The molecular weight excluding hydrogens is 460 g/mol. The number of fused-ring (bicyclic) bond motifs is 2. The molecule has 5 nitrogen and oxygen atoms in total. The smallest absolute Gasteiger partial charge is 0.175 e. The number of benzene rings is 3. The van der Waals surface area contributed by atoms with Crippen LogP contribution in [0.25, 0.3) is 11.0 Å². The molecule has 0 saturated carbocycles. The van der Waals surface area contributed by atoms with E-state index in [1.807, 2.05) is 24.3 Å². The van der Waals surface area contributed by atoms with Gasteiger partial charge < -0.3 is 14.2 Å². The summed E-state index contributed by atoms with van der Waals surface area (Å²) in [6, 6.07) is 18.3. The molecule has 3 aromatic carbocycles. The molecule has 1 aliphatic heterocycles. The van der Waals surface area contributed by atoms with Gasteiger partial charge >= 0.3 is 0 Å². The number of nitrogens with zero attached hydrogens (tertiary/aromatic N) is 2. The van der Waals surface area contributed by atoms with Gasteiger partial charge in [0.2, 0.25) is 0 Å². The van der Waals surface area contributed by atoms with E-state index in [-0.39, 0.29) is 6.10 Å². The Morgan fingerprint density at radius 1 is 0.969 bits per heavy atom. The summed E-state index contributed by atoms with van der Waals surface area (Å²) in [6.45, 7) is 2.75. The number of para-hydroxylation sites is 1. The van der Waals surface area contributed by atoms with Crippen molar-refractivity contribution in [3.8, 4) is 17.2 Å². The molecule has 0 amide bonds. The van der Waals surface area contributed by atoms with Crippen LogP contribution in [0.1, 0.15) is 19.8 Å². The molecule has 0 radical (unpaired) electrons. The van der Waals surface area contributed by atoms with Gasteiger partial charge in [0.15, 0.2) is 11.5 Å². The number of rotatable bonds is 7. The minimum absolute atomic E-state index is 0.122. The lowest BCUT2D eigenvalue weighted by molar-refractivity contribution is 0.0816. The number of hydrogen-bond acceptors (Lipinski definition) is 8. The van der Waals surface area contributed by atoms with E-state index in [0.29, 0.717) is 6.61 Å². The highest BCUT2D eigenvalue weighted by molar-refractivity contribution is 8.00. The minimum Gasteiger partial charge on any atom is -0.497 e. The van der Waals surface area contributed by atoms with Crippen LogP contribution in [0, 0.1) is 0 Å². The highest BCUT2D eigenvalue weighted by Gasteiger charge is 2.24. The van der Waals surface area contributed by atoms with Gasteiger partial charge in [0.05, 0.1) is 23.7 Å². The highest BCUT2D eigenvalue weighted by Crippen LogP contribution is 2.46. The summed E-state index contributed by atoms with van der Waals surface area (Å²) in [6.07, 6.45) is 2.19. The van der Waals surface area contributed by atoms with E-state index in [4.69, 9.17) is 14.2 Å². The molecule has 32 heavy (non-hydrogen) atoms. The maximum Gasteiger partial charge on any atom is 0.175 e. The Kier molecular flexibility index (Phi) is 6.43. The van der Waals surface area contributed by atoms with Crippen LogP contribution < -0.4 is 14.2 Å². The molecule has 0 aliphatic carbocycles. The standard InChI is InChI=1S/C24H22N2O3S3/c1-3-5-16-14-28-24-18(29-16)6-4-7-21(24)31-20-13-12-19(22-23(20)26-32-25-22)30-17-10-8-15(27-2)9-11-17/h4,6-13,16H,3,5,14H2,1-2H3. The van der Waals surface area contributed by atoms with Gasteiger partial charge in [-0.05, 0) is 55.0 Å². The minimum atomic E-state index is 0.122. The van der Waals surface area contributed by atoms with Crippen LogP contribution in [-0.2, 0) is 0 Å². The molecule has 1 aromatic heterocycles. The molecule has 0 saturated heterocycles. The van der Waals surface area contributed by atoms with Crippen molar-refractivity contribution in [1.29, 1.82) is 0 Å². The summed E-state index contributed by atoms with van der Waals surface area (Å²) in [5, 5.41) is 0. The number of methoxy groups -OCH3 is 1. The number of aromatic nitrogens is 2. The van der Waals surface area contributed by atoms with Gasteiger partial charge in [0, 0.05) is 14.7 Å². The van der Waals surface area contributed by atoms with Crippen molar-refractivity contribution < 1.29 is 14.2 Å². The van der Waals surface area contributed by atoms with Crippen LogP contribution in [0.3, 0.4) is 0 Å². The molecule has 0 spiro atoms. The molecule has 1 atom stereocenters. The van der Waals surface area contributed by atoms with E-state index >= 15 is 0 Å². The fourth-order valence-corrected chi connectivity index (χ4v) is 6.14. The predicted molar refractivity (Wildman–Crippen MR) is 130 cm³/mol. The third-order valence-electron chi connectivity index (χ3n) is 5.11. The van der Waals surface area contributed by atoms with Gasteiger partial charge in [-0.2, -0.15) is 8.75 Å². The van der Waals surface area contributed by atoms with Crippen LogP contribution in [0.15, 0.2) is 74.2 Å². The monoisotopic (exact) mass is 482 g/mol. The lowest BCUT2D eigenvalue weighted by Crippen LogP contribution is -2.29. The van der Waals surface area contributed by atoms with Crippen LogP contribution in [0.2, 0.25) is 0 Å². The Bertz CT molecular complexity index is 1230. The van der Waals surface area contributed by atoms with Gasteiger partial charge in [-0.15, -0.1) is 0 Å². The first-order chi connectivity index (χ1) is 15.7. The van der Waals surface area contributed by atoms with Crippen LogP contribution >= 0.6 is 35.3 Å². The zero-order chi connectivity index (χ0) is 21.9. The Morgan fingerprint density at radius 2 is 1.72 bits per heavy atom. The van der Waals surface area contributed by atoms with Crippen molar-refractivity contribution in [2.24, 2.45) is 0 Å². The molecule has 1 unspecified atom stereocenters. The Labute approximate surface area is 199 Å². The lowest BCUT2D eigenvalue weighted by Gasteiger charge is -2.27. The van der Waals surface area contributed by atoms with Gasteiger partial charge in [0.25, 0.3) is 0 Å². The molecule has 0 fully saturated rings. The second kappa shape index (κ2) is 9.60. The Balaban J connectivity index is 1.41. The first kappa shape index (κ1) is 21.4. The maximum atomic E-state index is 6.15. The number of ether oxygens (including phenoxy) is 3. The first-order valence-corrected chi connectivity index (χ1v) is 12.8. The molecule has 1 aliphatic rings. The fraction of sp³-hybridized carbons (Fsp3) is 0.250. The largest absolute Gasteiger partial charge is 0.497 e. The Hall–Kier alpha value is -2.42. The number of hydrogen-bond donors (Lipinski definition) is 0. The molecule has 4 aromatic rings. The third-order valence-corrected chi connectivity index (χ3v) is 7.79. The molecular formula is C24H22N2O3S3. The van der Waals surface area contributed by atoms with Crippen LogP contribution in [-0.4, -0.2) is 28.6 Å². The summed E-state index contributed by atoms with van der Waals surface area (Å²) < 4.78 is 26.7. The Morgan fingerprint density at radius 3 is 2.44 bits per heavy atom. The van der Waals surface area contributed by atoms with Crippen molar-refractivity contribution in [2.75, 3.05) is 13.7 Å². The van der Waals surface area contributed by atoms with E-state index < -0.39 is 0 Å². The lowest BCUT2D eigenvalue weighted by atomic mass is 10.2. The summed E-state index contributed by atoms with van der Waals surface area (Å²) >= 11 is 4.56. The predicted octanol–water partition coefficient (Wildman–Crippen LogP) is 6.94. The van der Waals surface area contributed by atoms with Crippen molar-refractivity contribution in [1.82, 2.24) is 8.75 Å².